The molecule has 0 saturated carbocycles. The van der Waals surface area contributed by atoms with E-state index in [0.717, 1.165) is 4.47 Å². The zero-order valence-electron chi connectivity index (χ0n) is 6.94. The van der Waals surface area contributed by atoms with E-state index in [1.165, 1.54) is 0 Å². The summed E-state index contributed by atoms with van der Waals surface area (Å²) >= 11 is 7.76. The highest BCUT2D eigenvalue weighted by Gasteiger charge is 2.34. The minimum absolute atomic E-state index is 0.357. The molecular formula is C9H6BrClF2O. The molecule has 0 aliphatic heterocycles. The zero-order chi connectivity index (χ0) is 10.8. The van der Waals surface area contributed by atoms with E-state index >= 15 is 0 Å². The average Bonchev–Trinajstić information content (AvgIpc) is 2.07. The molecule has 14 heavy (non-hydrogen) atoms. The Labute approximate surface area is 93.2 Å². The van der Waals surface area contributed by atoms with Gasteiger partial charge in [-0.3, -0.25) is 4.79 Å². The number of hydrogen-bond donors (Lipinski definition) is 0. The fourth-order valence-electron chi connectivity index (χ4n) is 0.888. The average molecular weight is 283 g/mol. The smallest absolute Gasteiger partial charge is 0.291 e. The first kappa shape index (κ1) is 11.6. The molecule has 1 aromatic rings. The van der Waals surface area contributed by atoms with Crippen molar-refractivity contribution in [1.29, 1.82) is 0 Å². The van der Waals surface area contributed by atoms with Crippen LogP contribution in [0.25, 0.3) is 0 Å². The summed E-state index contributed by atoms with van der Waals surface area (Å²) in [5.74, 6) is -1.29. The first-order valence-corrected chi connectivity index (χ1v) is 4.91. The van der Waals surface area contributed by atoms with E-state index < -0.39 is 11.2 Å². The lowest BCUT2D eigenvalue weighted by molar-refractivity contribution is -0.132. The number of halogens is 4. The van der Waals surface area contributed by atoms with Crippen LogP contribution >= 0.6 is 27.5 Å². The number of rotatable bonds is 3. The Morgan fingerprint density at radius 2 is 1.86 bits per heavy atom. The van der Waals surface area contributed by atoms with Gasteiger partial charge in [-0.1, -0.05) is 28.1 Å². The number of Topliss-reactive ketones (excluding diaryl/α,β-unsaturated/α-hetero) is 1. The standard InChI is InChI=1S/C9H6BrClF2O/c10-7-3-1-6(2-4-7)5-8(14)9(11,12)13/h1-4H,5H2. The molecule has 1 aromatic carbocycles. The summed E-state index contributed by atoms with van der Waals surface area (Å²) in [5.41, 5.74) is 0.513. The molecule has 1 nitrogen and oxygen atoms in total. The maximum atomic E-state index is 12.3. The predicted molar refractivity (Wildman–Crippen MR) is 53.7 cm³/mol. The molecule has 0 atom stereocenters. The highest BCUT2D eigenvalue weighted by Crippen LogP contribution is 2.22. The minimum atomic E-state index is -3.77. The fraction of sp³-hybridized carbons (Fsp3) is 0.222. The summed E-state index contributed by atoms with van der Waals surface area (Å²) in [5, 5.41) is -3.77. The van der Waals surface area contributed by atoms with Gasteiger partial charge in [0.1, 0.15) is 0 Å². The number of benzene rings is 1. The van der Waals surface area contributed by atoms with E-state index in [1.807, 2.05) is 0 Å². The molecule has 0 aliphatic rings. The van der Waals surface area contributed by atoms with Crippen LogP contribution in [0, 0.1) is 0 Å². The topological polar surface area (TPSA) is 17.1 Å². The molecule has 0 heterocycles. The Balaban J connectivity index is 2.71. The van der Waals surface area contributed by atoms with Crippen molar-refractivity contribution in [1.82, 2.24) is 0 Å². The molecule has 0 spiro atoms. The van der Waals surface area contributed by atoms with Gasteiger partial charge in [-0.2, -0.15) is 8.78 Å². The summed E-state index contributed by atoms with van der Waals surface area (Å²) < 4.78 is 25.4. The van der Waals surface area contributed by atoms with Crippen molar-refractivity contribution in [3.63, 3.8) is 0 Å². The summed E-state index contributed by atoms with van der Waals surface area (Å²) in [4.78, 5) is 10.8. The van der Waals surface area contributed by atoms with E-state index in [9.17, 15) is 13.6 Å². The van der Waals surface area contributed by atoms with Crippen LogP contribution < -0.4 is 0 Å². The van der Waals surface area contributed by atoms with E-state index in [0.29, 0.717) is 5.56 Å². The zero-order valence-corrected chi connectivity index (χ0v) is 9.28. The Hall–Kier alpha value is -0.480. The van der Waals surface area contributed by atoms with Gasteiger partial charge < -0.3 is 0 Å². The maximum absolute atomic E-state index is 12.3. The van der Waals surface area contributed by atoms with Gasteiger partial charge in [-0.05, 0) is 29.3 Å². The normalized spacial score (nSPS) is 11.4. The number of alkyl halides is 3. The van der Waals surface area contributed by atoms with Crippen LogP contribution in [-0.4, -0.2) is 11.2 Å². The van der Waals surface area contributed by atoms with Crippen LogP contribution in [-0.2, 0) is 11.2 Å². The second-order valence-electron chi connectivity index (χ2n) is 2.72. The summed E-state index contributed by atoms with van der Waals surface area (Å²) in [6.45, 7) is 0. The third-order valence-corrected chi connectivity index (χ3v) is 2.33. The molecule has 0 fully saturated rings. The van der Waals surface area contributed by atoms with Crippen molar-refractivity contribution in [3.8, 4) is 0 Å². The maximum Gasteiger partial charge on any atom is 0.380 e. The van der Waals surface area contributed by atoms with Crippen molar-refractivity contribution in [3.05, 3.63) is 34.3 Å². The van der Waals surface area contributed by atoms with Gasteiger partial charge in [0.15, 0.2) is 0 Å². The summed E-state index contributed by atoms with van der Waals surface area (Å²) in [7, 11) is 0. The lowest BCUT2D eigenvalue weighted by Gasteiger charge is -2.06. The Kier molecular flexibility index (Phi) is 3.61. The van der Waals surface area contributed by atoms with Gasteiger partial charge in [-0.15, -0.1) is 0 Å². The predicted octanol–water partition coefficient (Wildman–Crippen LogP) is 3.39. The van der Waals surface area contributed by atoms with Crippen LogP contribution in [0.3, 0.4) is 0 Å². The highest BCUT2D eigenvalue weighted by molar-refractivity contribution is 9.10. The van der Waals surface area contributed by atoms with Gasteiger partial charge in [-0.25, -0.2) is 0 Å². The number of carbonyl (C=O) groups excluding carboxylic acids is 1. The second kappa shape index (κ2) is 4.36. The third-order valence-electron chi connectivity index (χ3n) is 1.59. The van der Waals surface area contributed by atoms with Gasteiger partial charge >= 0.3 is 5.38 Å². The van der Waals surface area contributed by atoms with Gasteiger partial charge in [0, 0.05) is 10.9 Å². The van der Waals surface area contributed by atoms with Crippen molar-refractivity contribution < 1.29 is 13.6 Å². The van der Waals surface area contributed by atoms with Crippen molar-refractivity contribution in [2.45, 2.75) is 11.8 Å². The SMILES string of the molecule is O=C(Cc1ccc(Br)cc1)C(F)(F)Cl. The first-order valence-electron chi connectivity index (χ1n) is 3.74. The molecule has 0 aliphatic carbocycles. The molecule has 5 heteroatoms. The van der Waals surface area contributed by atoms with Crippen LogP contribution in [0.15, 0.2) is 28.7 Å². The van der Waals surface area contributed by atoms with E-state index in [4.69, 9.17) is 0 Å². The van der Waals surface area contributed by atoms with E-state index in [-0.39, 0.29) is 6.42 Å². The van der Waals surface area contributed by atoms with Crippen LogP contribution in [0.1, 0.15) is 5.56 Å². The highest BCUT2D eigenvalue weighted by atomic mass is 79.9. The molecule has 0 radical (unpaired) electrons. The molecule has 0 saturated heterocycles. The van der Waals surface area contributed by atoms with E-state index in [1.54, 1.807) is 24.3 Å². The monoisotopic (exact) mass is 282 g/mol. The second-order valence-corrected chi connectivity index (χ2v) is 4.11. The Morgan fingerprint density at radius 3 is 2.29 bits per heavy atom. The molecule has 76 valence electrons. The van der Waals surface area contributed by atoms with E-state index in [2.05, 4.69) is 27.5 Å². The molecular weight excluding hydrogens is 277 g/mol. The van der Waals surface area contributed by atoms with Gasteiger partial charge in [0.25, 0.3) is 0 Å². The third kappa shape index (κ3) is 3.35. The van der Waals surface area contributed by atoms with Gasteiger partial charge in [0.2, 0.25) is 5.78 Å². The Morgan fingerprint density at radius 1 is 1.36 bits per heavy atom. The Bertz CT molecular complexity index is 332. The molecule has 1 rings (SSSR count). The number of ketones is 1. The fourth-order valence-corrected chi connectivity index (χ4v) is 1.22. The molecule has 0 bridgehead atoms. The van der Waals surface area contributed by atoms with Crippen LogP contribution in [0.2, 0.25) is 0 Å². The molecule has 0 aromatic heterocycles. The summed E-state index contributed by atoms with van der Waals surface area (Å²) in [6, 6.07) is 6.53. The lowest BCUT2D eigenvalue weighted by Crippen LogP contribution is -2.23. The largest absolute Gasteiger partial charge is 0.380 e. The van der Waals surface area contributed by atoms with Crippen LogP contribution in [0.5, 0.6) is 0 Å². The quantitative estimate of drug-likeness (QED) is 0.777. The molecule has 0 amide bonds. The van der Waals surface area contributed by atoms with Crippen molar-refractivity contribution in [2.24, 2.45) is 0 Å². The molecule has 0 unspecified atom stereocenters. The lowest BCUT2D eigenvalue weighted by atomic mass is 10.1. The number of carbonyl (C=O) groups is 1. The molecule has 0 N–H and O–H groups in total. The number of hydrogen-bond acceptors (Lipinski definition) is 1. The van der Waals surface area contributed by atoms with Crippen LogP contribution in [0.4, 0.5) is 8.78 Å². The van der Waals surface area contributed by atoms with Crippen molar-refractivity contribution in [2.75, 3.05) is 0 Å². The summed E-state index contributed by atoms with van der Waals surface area (Å²) in [6.07, 6.45) is -0.357. The first-order chi connectivity index (χ1) is 6.39. The minimum Gasteiger partial charge on any atom is -0.291 e. The van der Waals surface area contributed by atoms with Gasteiger partial charge in [0.05, 0.1) is 0 Å². The van der Waals surface area contributed by atoms with Crippen molar-refractivity contribution >= 4 is 33.3 Å².